The number of nitrogens with zero attached hydrogens (tertiary/aromatic N) is 2. The van der Waals surface area contributed by atoms with Crippen LogP contribution < -0.4 is 0 Å². The number of benzene rings is 1. The molecule has 0 spiro atoms. The van der Waals surface area contributed by atoms with Gasteiger partial charge in [-0.25, -0.2) is 4.39 Å². The van der Waals surface area contributed by atoms with Gasteiger partial charge in [-0.1, -0.05) is 12.1 Å². The molecule has 1 heterocycles. The Kier molecular flexibility index (Phi) is 5.55. The van der Waals surface area contributed by atoms with Gasteiger partial charge in [0.05, 0.1) is 10.6 Å². The molecule has 0 bridgehead atoms. The molecular weight excluding hydrogens is 323 g/mol. The second kappa shape index (κ2) is 6.98. The van der Waals surface area contributed by atoms with Crippen molar-refractivity contribution >= 4 is 15.9 Å². The maximum absolute atomic E-state index is 13.5. The second-order valence-electron chi connectivity index (χ2n) is 5.70. The van der Waals surface area contributed by atoms with Crippen molar-refractivity contribution in [1.29, 1.82) is 0 Å². The Morgan fingerprint density at radius 3 is 2.90 bits per heavy atom. The summed E-state index contributed by atoms with van der Waals surface area (Å²) in [6, 6.07) is 5.32. The number of hydrogen-bond donors (Lipinski definition) is 1. The van der Waals surface area contributed by atoms with Crippen LogP contribution in [0.5, 0.6) is 0 Å². The number of aliphatic hydroxyl groups excluding tert-OH is 1. The third-order valence-corrected chi connectivity index (χ3v) is 4.90. The van der Waals surface area contributed by atoms with Crippen molar-refractivity contribution in [2.24, 2.45) is 0 Å². The van der Waals surface area contributed by atoms with Gasteiger partial charge in [0, 0.05) is 25.7 Å². The number of halogens is 2. The van der Waals surface area contributed by atoms with Crippen LogP contribution in [0.25, 0.3) is 0 Å². The number of likely N-dealkylation sites (N-methyl/N-ethyl adjacent to an activating group) is 2. The van der Waals surface area contributed by atoms with E-state index < -0.39 is 6.10 Å². The van der Waals surface area contributed by atoms with Crippen LogP contribution in [0.3, 0.4) is 0 Å². The van der Waals surface area contributed by atoms with Gasteiger partial charge in [0.1, 0.15) is 5.82 Å². The third-order valence-electron chi connectivity index (χ3n) is 4.01. The zero-order valence-corrected chi connectivity index (χ0v) is 13.6. The van der Waals surface area contributed by atoms with Crippen LogP contribution in [-0.4, -0.2) is 60.8 Å². The molecule has 0 amide bonds. The first-order valence-corrected chi connectivity index (χ1v) is 7.76. The second-order valence-corrected chi connectivity index (χ2v) is 6.50. The molecule has 1 saturated heterocycles. The van der Waals surface area contributed by atoms with Gasteiger partial charge in [0.25, 0.3) is 0 Å². The van der Waals surface area contributed by atoms with Gasteiger partial charge in [-0.3, -0.25) is 0 Å². The highest BCUT2D eigenvalue weighted by atomic mass is 79.9. The van der Waals surface area contributed by atoms with Gasteiger partial charge in [-0.2, -0.15) is 0 Å². The fourth-order valence-electron chi connectivity index (χ4n) is 2.71. The van der Waals surface area contributed by atoms with E-state index in [1.165, 1.54) is 6.07 Å². The molecule has 1 aliphatic heterocycles. The van der Waals surface area contributed by atoms with Gasteiger partial charge < -0.3 is 14.9 Å². The molecule has 0 radical (unpaired) electrons. The summed E-state index contributed by atoms with van der Waals surface area (Å²) in [7, 11) is 4.21. The summed E-state index contributed by atoms with van der Waals surface area (Å²) >= 11 is 3.25. The topological polar surface area (TPSA) is 26.7 Å². The maximum atomic E-state index is 13.5. The van der Waals surface area contributed by atoms with Crippen LogP contribution in [0.1, 0.15) is 12.0 Å². The first-order chi connectivity index (χ1) is 9.47. The lowest BCUT2D eigenvalue weighted by Crippen LogP contribution is -2.51. The van der Waals surface area contributed by atoms with Gasteiger partial charge in [-0.05, 0) is 54.5 Å². The monoisotopic (exact) mass is 344 g/mol. The minimum absolute atomic E-state index is 0.274. The summed E-state index contributed by atoms with van der Waals surface area (Å²) < 4.78 is 13.9. The van der Waals surface area contributed by atoms with Crippen LogP contribution in [0.4, 0.5) is 4.39 Å². The molecule has 0 aliphatic carbocycles. The minimum Gasteiger partial charge on any atom is -0.393 e. The van der Waals surface area contributed by atoms with E-state index in [-0.39, 0.29) is 5.82 Å². The Morgan fingerprint density at radius 1 is 1.40 bits per heavy atom. The van der Waals surface area contributed by atoms with Crippen LogP contribution in [0.2, 0.25) is 0 Å². The molecule has 0 saturated carbocycles. The summed E-state index contributed by atoms with van der Waals surface area (Å²) in [5, 5.41) is 10.3. The Labute approximate surface area is 128 Å². The molecule has 1 N–H and O–H groups in total. The Morgan fingerprint density at radius 2 is 2.15 bits per heavy atom. The zero-order chi connectivity index (χ0) is 14.7. The van der Waals surface area contributed by atoms with Gasteiger partial charge in [-0.15, -0.1) is 0 Å². The molecule has 20 heavy (non-hydrogen) atoms. The lowest BCUT2D eigenvalue weighted by atomic mass is 9.99. The molecule has 112 valence electrons. The van der Waals surface area contributed by atoms with Crippen LogP contribution in [0.15, 0.2) is 22.7 Å². The first kappa shape index (κ1) is 15.9. The normalized spacial score (nSPS) is 22.9. The van der Waals surface area contributed by atoms with E-state index in [4.69, 9.17) is 0 Å². The standard InChI is InChI=1S/C15H22BrFN2O/c1-18-6-7-19(2)12(10-18)9-13(20)8-11-4-3-5-14(17)15(11)16/h3-5,12-13,20H,6-10H2,1-2H3. The van der Waals surface area contributed by atoms with Crippen molar-refractivity contribution in [2.75, 3.05) is 33.7 Å². The Hall–Kier alpha value is -0.490. The van der Waals surface area contributed by atoms with Gasteiger partial charge in [0.15, 0.2) is 0 Å². The van der Waals surface area contributed by atoms with Crippen LogP contribution in [-0.2, 0) is 6.42 Å². The molecule has 3 nitrogen and oxygen atoms in total. The van der Waals surface area contributed by atoms with E-state index in [9.17, 15) is 9.50 Å². The van der Waals surface area contributed by atoms with Crippen molar-refractivity contribution in [1.82, 2.24) is 9.80 Å². The lowest BCUT2D eigenvalue weighted by molar-refractivity contribution is 0.0638. The summed E-state index contributed by atoms with van der Waals surface area (Å²) in [4.78, 5) is 4.58. The maximum Gasteiger partial charge on any atom is 0.137 e. The molecule has 1 aliphatic rings. The highest BCUT2D eigenvalue weighted by Crippen LogP contribution is 2.23. The molecule has 1 aromatic carbocycles. The molecule has 2 unspecified atom stereocenters. The molecule has 2 atom stereocenters. The predicted molar refractivity (Wildman–Crippen MR) is 82.3 cm³/mol. The third kappa shape index (κ3) is 4.01. The van der Waals surface area contributed by atoms with E-state index in [2.05, 4.69) is 39.8 Å². The quantitative estimate of drug-likeness (QED) is 0.906. The van der Waals surface area contributed by atoms with Crippen LogP contribution >= 0.6 is 15.9 Å². The van der Waals surface area contributed by atoms with Crippen LogP contribution in [0, 0.1) is 5.82 Å². The van der Waals surface area contributed by atoms with E-state index in [1.54, 1.807) is 6.07 Å². The number of aliphatic hydroxyl groups is 1. The minimum atomic E-state index is -0.452. The lowest BCUT2D eigenvalue weighted by Gasteiger charge is -2.38. The summed E-state index contributed by atoms with van der Waals surface area (Å²) in [5.74, 6) is -0.274. The highest BCUT2D eigenvalue weighted by Gasteiger charge is 2.25. The fraction of sp³-hybridized carbons (Fsp3) is 0.600. The molecular formula is C15H22BrFN2O. The highest BCUT2D eigenvalue weighted by molar-refractivity contribution is 9.10. The first-order valence-electron chi connectivity index (χ1n) is 6.97. The average molecular weight is 345 g/mol. The number of piperazine rings is 1. The Balaban J connectivity index is 1.94. The number of rotatable bonds is 4. The summed E-state index contributed by atoms with van der Waals surface area (Å²) in [6.45, 7) is 3.06. The largest absolute Gasteiger partial charge is 0.393 e. The van der Waals surface area contributed by atoms with E-state index >= 15 is 0 Å². The smallest absolute Gasteiger partial charge is 0.137 e. The van der Waals surface area contributed by atoms with Crippen molar-refractivity contribution in [3.8, 4) is 0 Å². The summed E-state index contributed by atoms with van der Waals surface area (Å²) in [6.07, 6.45) is 0.739. The number of hydrogen-bond acceptors (Lipinski definition) is 3. The predicted octanol–water partition coefficient (Wildman–Crippen LogP) is 2.13. The fourth-order valence-corrected chi connectivity index (χ4v) is 3.14. The molecule has 2 rings (SSSR count). The average Bonchev–Trinajstić information content (AvgIpc) is 2.39. The van der Waals surface area contributed by atoms with Crippen molar-refractivity contribution in [3.05, 3.63) is 34.1 Å². The zero-order valence-electron chi connectivity index (χ0n) is 12.0. The molecule has 5 heteroatoms. The van der Waals surface area contributed by atoms with Crippen molar-refractivity contribution < 1.29 is 9.50 Å². The van der Waals surface area contributed by atoms with E-state index in [0.29, 0.717) is 23.4 Å². The Bertz CT molecular complexity index is 457. The van der Waals surface area contributed by atoms with E-state index in [1.807, 2.05) is 6.07 Å². The molecule has 0 aromatic heterocycles. The molecule has 1 fully saturated rings. The SMILES string of the molecule is CN1CCN(C)C(CC(O)Cc2cccc(F)c2Br)C1. The van der Waals surface area contributed by atoms with Crippen molar-refractivity contribution in [2.45, 2.75) is 25.0 Å². The van der Waals surface area contributed by atoms with Gasteiger partial charge >= 0.3 is 0 Å². The molecule has 1 aromatic rings. The van der Waals surface area contributed by atoms with Gasteiger partial charge in [0.2, 0.25) is 0 Å². The van der Waals surface area contributed by atoms with Crippen molar-refractivity contribution in [3.63, 3.8) is 0 Å². The summed E-state index contributed by atoms with van der Waals surface area (Å²) in [5.41, 5.74) is 0.823. The van der Waals surface area contributed by atoms with E-state index in [0.717, 1.165) is 25.2 Å².